The predicted octanol–water partition coefficient (Wildman–Crippen LogP) is 3.95. The first-order valence-corrected chi connectivity index (χ1v) is 6.44. The molecule has 0 aliphatic rings. The van der Waals surface area contributed by atoms with Gasteiger partial charge in [-0.25, -0.2) is 0 Å². The number of benzene rings is 1. The standard InChI is InChI=1S/C12H8BrN3OS/c13-10-7-6-9(17-10)11-14-15-12(18)16(11)8-4-2-1-3-5-8/h1-7H,(H,15,18). The maximum atomic E-state index is 5.51. The average Bonchev–Trinajstić information content (AvgIpc) is 2.96. The maximum Gasteiger partial charge on any atom is 0.202 e. The summed E-state index contributed by atoms with van der Waals surface area (Å²) in [7, 11) is 0. The van der Waals surface area contributed by atoms with Crippen LogP contribution in [0, 0.1) is 4.77 Å². The van der Waals surface area contributed by atoms with Gasteiger partial charge < -0.3 is 4.42 Å². The van der Waals surface area contributed by atoms with Crippen LogP contribution in [0.5, 0.6) is 0 Å². The van der Waals surface area contributed by atoms with E-state index in [9.17, 15) is 0 Å². The summed E-state index contributed by atoms with van der Waals surface area (Å²) < 4.78 is 8.54. The molecule has 3 rings (SSSR count). The van der Waals surface area contributed by atoms with Crippen LogP contribution >= 0.6 is 28.1 Å². The molecule has 0 saturated heterocycles. The van der Waals surface area contributed by atoms with Gasteiger partial charge in [0.2, 0.25) is 5.82 Å². The number of H-pyrrole nitrogens is 1. The van der Waals surface area contributed by atoms with Crippen LogP contribution in [0.25, 0.3) is 17.3 Å². The van der Waals surface area contributed by atoms with E-state index < -0.39 is 0 Å². The van der Waals surface area contributed by atoms with E-state index in [1.165, 1.54) is 0 Å². The van der Waals surface area contributed by atoms with Crippen molar-refractivity contribution in [2.24, 2.45) is 0 Å². The van der Waals surface area contributed by atoms with E-state index in [4.69, 9.17) is 16.6 Å². The van der Waals surface area contributed by atoms with Crippen LogP contribution in [0.2, 0.25) is 0 Å². The molecule has 2 aromatic heterocycles. The molecule has 0 saturated carbocycles. The monoisotopic (exact) mass is 321 g/mol. The van der Waals surface area contributed by atoms with Gasteiger partial charge in [-0.1, -0.05) is 18.2 Å². The summed E-state index contributed by atoms with van der Waals surface area (Å²) in [4.78, 5) is 0. The summed E-state index contributed by atoms with van der Waals surface area (Å²) in [5, 5.41) is 6.99. The lowest BCUT2D eigenvalue weighted by Gasteiger charge is -2.04. The van der Waals surface area contributed by atoms with Gasteiger partial charge in [-0.15, -0.1) is 0 Å². The number of aromatic amines is 1. The Balaban J connectivity index is 2.22. The highest BCUT2D eigenvalue weighted by atomic mass is 79.9. The van der Waals surface area contributed by atoms with Crippen LogP contribution in [0.15, 0.2) is 51.6 Å². The molecule has 90 valence electrons. The molecule has 2 heterocycles. The fraction of sp³-hybridized carbons (Fsp3) is 0. The van der Waals surface area contributed by atoms with Crippen LogP contribution in [0.1, 0.15) is 0 Å². The smallest absolute Gasteiger partial charge is 0.202 e. The predicted molar refractivity (Wildman–Crippen MR) is 74.2 cm³/mol. The Hall–Kier alpha value is -1.66. The molecule has 0 unspecified atom stereocenters. The lowest BCUT2D eigenvalue weighted by molar-refractivity contribution is 0.550. The Morgan fingerprint density at radius 1 is 1.17 bits per heavy atom. The van der Waals surface area contributed by atoms with E-state index in [1.54, 1.807) is 0 Å². The quantitative estimate of drug-likeness (QED) is 0.727. The van der Waals surface area contributed by atoms with Gasteiger partial charge >= 0.3 is 0 Å². The fourth-order valence-electron chi connectivity index (χ4n) is 1.71. The van der Waals surface area contributed by atoms with Crippen molar-refractivity contribution in [1.82, 2.24) is 14.8 Å². The van der Waals surface area contributed by atoms with Crippen LogP contribution in [0.4, 0.5) is 0 Å². The Morgan fingerprint density at radius 2 is 1.94 bits per heavy atom. The molecule has 0 aliphatic carbocycles. The van der Waals surface area contributed by atoms with Crippen LogP contribution < -0.4 is 0 Å². The summed E-state index contributed by atoms with van der Waals surface area (Å²) in [5.74, 6) is 1.30. The van der Waals surface area contributed by atoms with Crippen molar-refractivity contribution >= 4 is 28.1 Å². The first-order chi connectivity index (χ1) is 8.75. The molecule has 6 heteroatoms. The summed E-state index contributed by atoms with van der Waals surface area (Å²) in [6.45, 7) is 0. The highest BCUT2D eigenvalue weighted by molar-refractivity contribution is 9.10. The SMILES string of the molecule is S=c1[nH]nc(-c2ccc(Br)o2)n1-c1ccccc1. The first-order valence-electron chi connectivity index (χ1n) is 5.24. The highest BCUT2D eigenvalue weighted by Gasteiger charge is 2.13. The molecule has 4 nitrogen and oxygen atoms in total. The first kappa shape index (κ1) is 11.4. The molecule has 0 amide bonds. The third-order valence-corrected chi connectivity index (χ3v) is 3.18. The van der Waals surface area contributed by atoms with Crippen molar-refractivity contribution in [3.63, 3.8) is 0 Å². The summed E-state index contributed by atoms with van der Waals surface area (Å²) in [6, 6.07) is 13.4. The van der Waals surface area contributed by atoms with Crippen LogP contribution in [0.3, 0.4) is 0 Å². The lowest BCUT2D eigenvalue weighted by Crippen LogP contribution is -1.96. The number of nitrogens with zero attached hydrogens (tertiary/aromatic N) is 2. The number of nitrogens with one attached hydrogen (secondary N) is 1. The van der Waals surface area contributed by atoms with E-state index in [-0.39, 0.29) is 0 Å². The molecular formula is C12H8BrN3OS. The van der Waals surface area contributed by atoms with Crippen LogP contribution in [-0.4, -0.2) is 14.8 Å². The zero-order valence-electron chi connectivity index (χ0n) is 9.13. The third-order valence-electron chi connectivity index (χ3n) is 2.48. The molecule has 0 spiro atoms. The second-order valence-electron chi connectivity index (χ2n) is 3.63. The number of para-hydroxylation sites is 1. The van der Waals surface area contributed by atoms with Crippen molar-refractivity contribution < 1.29 is 4.42 Å². The van der Waals surface area contributed by atoms with E-state index >= 15 is 0 Å². The van der Waals surface area contributed by atoms with Gasteiger partial charge in [0.1, 0.15) is 0 Å². The molecule has 0 fully saturated rings. The van der Waals surface area contributed by atoms with E-state index in [2.05, 4.69) is 26.1 Å². The minimum atomic E-state index is 0.531. The molecule has 3 aromatic rings. The van der Waals surface area contributed by atoms with Crippen molar-refractivity contribution in [1.29, 1.82) is 0 Å². The third kappa shape index (κ3) is 1.93. The van der Waals surface area contributed by atoms with E-state index in [1.807, 2.05) is 47.0 Å². The number of hydrogen-bond acceptors (Lipinski definition) is 3. The van der Waals surface area contributed by atoms with Gasteiger partial charge in [-0.2, -0.15) is 5.10 Å². The molecule has 1 N–H and O–H groups in total. The van der Waals surface area contributed by atoms with Crippen molar-refractivity contribution in [3.05, 3.63) is 51.9 Å². The van der Waals surface area contributed by atoms with Gasteiger partial charge in [0, 0.05) is 0 Å². The van der Waals surface area contributed by atoms with Gasteiger partial charge in [0.05, 0.1) is 5.69 Å². The lowest BCUT2D eigenvalue weighted by atomic mass is 10.3. The second-order valence-corrected chi connectivity index (χ2v) is 4.80. The Kier molecular flexibility index (Phi) is 2.89. The highest BCUT2D eigenvalue weighted by Crippen LogP contribution is 2.25. The number of hydrogen-bond donors (Lipinski definition) is 1. The van der Waals surface area contributed by atoms with Crippen molar-refractivity contribution in [2.45, 2.75) is 0 Å². The van der Waals surface area contributed by atoms with Crippen molar-refractivity contribution in [3.8, 4) is 17.3 Å². The number of aromatic nitrogens is 3. The normalized spacial score (nSPS) is 10.7. The minimum Gasteiger partial charge on any atom is -0.446 e. The molecule has 18 heavy (non-hydrogen) atoms. The van der Waals surface area contributed by atoms with E-state index in [0.717, 1.165) is 5.69 Å². The van der Waals surface area contributed by atoms with Crippen molar-refractivity contribution in [2.75, 3.05) is 0 Å². The van der Waals surface area contributed by atoms with Gasteiger partial charge in [-0.3, -0.25) is 9.67 Å². The molecular weight excluding hydrogens is 314 g/mol. The molecule has 1 aromatic carbocycles. The topological polar surface area (TPSA) is 46.8 Å². The average molecular weight is 322 g/mol. The number of furan rings is 1. The fourth-order valence-corrected chi connectivity index (χ4v) is 2.26. The zero-order chi connectivity index (χ0) is 12.5. The largest absolute Gasteiger partial charge is 0.446 e. The minimum absolute atomic E-state index is 0.531. The van der Waals surface area contributed by atoms with Gasteiger partial charge in [-0.05, 0) is 52.4 Å². The van der Waals surface area contributed by atoms with Gasteiger partial charge in [0.25, 0.3) is 0 Å². The maximum absolute atomic E-state index is 5.51. The Bertz CT molecular complexity index is 729. The summed E-state index contributed by atoms with van der Waals surface area (Å²) in [6.07, 6.45) is 0. The molecule has 0 bridgehead atoms. The zero-order valence-corrected chi connectivity index (χ0v) is 11.5. The molecule has 0 atom stereocenters. The Labute approximate surface area is 116 Å². The summed E-state index contributed by atoms with van der Waals surface area (Å²) >= 11 is 8.53. The molecule has 0 aliphatic heterocycles. The molecule has 0 radical (unpaired) electrons. The van der Waals surface area contributed by atoms with E-state index in [0.29, 0.717) is 21.0 Å². The number of rotatable bonds is 2. The van der Waals surface area contributed by atoms with Crippen LogP contribution in [-0.2, 0) is 0 Å². The number of halogens is 1. The van der Waals surface area contributed by atoms with Gasteiger partial charge in [0.15, 0.2) is 15.2 Å². The second kappa shape index (κ2) is 4.55. The summed E-state index contributed by atoms with van der Waals surface area (Å²) in [5.41, 5.74) is 0.943. The Morgan fingerprint density at radius 3 is 2.61 bits per heavy atom.